The molecule has 0 saturated carbocycles. The Bertz CT molecular complexity index is 815. The average molecular weight is 368 g/mol. The summed E-state index contributed by atoms with van der Waals surface area (Å²) in [5.74, 6) is -0.741. The molecule has 2 rings (SSSR count). The van der Waals surface area contributed by atoms with E-state index in [4.69, 9.17) is 0 Å². The molecular formula is C21H24N2O4. The van der Waals surface area contributed by atoms with Crippen LogP contribution in [0.1, 0.15) is 34.8 Å². The Balaban J connectivity index is 1.94. The first-order valence-corrected chi connectivity index (χ1v) is 8.70. The third-order valence-corrected chi connectivity index (χ3v) is 4.28. The summed E-state index contributed by atoms with van der Waals surface area (Å²) in [6.45, 7) is 4.16. The second kappa shape index (κ2) is 9.52. The molecule has 0 unspecified atom stereocenters. The Morgan fingerprint density at radius 1 is 1.04 bits per heavy atom. The van der Waals surface area contributed by atoms with Crippen molar-refractivity contribution in [2.75, 3.05) is 18.6 Å². The Hall–Kier alpha value is -3.15. The zero-order valence-electron chi connectivity index (χ0n) is 15.8. The quantitative estimate of drug-likeness (QED) is 0.763. The lowest BCUT2D eigenvalue weighted by atomic mass is 10.1. The molecular weight excluding hydrogens is 344 g/mol. The molecule has 2 aromatic carbocycles. The minimum Gasteiger partial charge on any atom is -0.465 e. The number of hydrogen-bond acceptors (Lipinski definition) is 4. The molecule has 0 aliphatic carbocycles. The number of carbonyl (C=O) groups excluding carboxylic acids is 3. The van der Waals surface area contributed by atoms with Gasteiger partial charge in [0, 0.05) is 32.1 Å². The molecule has 2 amide bonds. The summed E-state index contributed by atoms with van der Waals surface area (Å²) in [7, 11) is 1.31. The monoisotopic (exact) mass is 368 g/mol. The molecule has 0 bridgehead atoms. The van der Waals surface area contributed by atoms with Gasteiger partial charge in [-0.3, -0.25) is 9.59 Å². The Morgan fingerprint density at radius 2 is 1.70 bits per heavy atom. The molecule has 0 heterocycles. The van der Waals surface area contributed by atoms with Crippen LogP contribution in [-0.2, 0) is 20.9 Å². The number of amides is 2. The van der Waals surface area contributed by atoms with Gasteiger partial charge in [-0.05, 0) is 42.3 Å². The highest BCUT2D eigenvalue weighted by atomic mass is 16.5. The fourth-order valence-electron chi connectivity index (χ4n) is 2.67. The van der Waals surface area contributed by atoms with Crippen molar-refractivity contribution in [1.29, 1.82) is 0 Å². The summed E-state index contributed by atoms with van der Waals surface area (Å²) in [6.07, 6.45) is 0.185. The molecule has 0 saturated heterocycles. The van der Waals surface area contributed by atoms with E-state index in [1.165, 1.54) is 18.9 Å². The standard InChI is InChI=1S/C21H24N2O4/c1-15-6-4-5-7-18(15)14-22-20(25)12-13-23(16(2)24)19-10-8-17(9-11-19)21(26)27-3/h4-11H,12-14H2,1-3H3,(H,22,25). The van der Waals surface area contributed by atoms with Gasteiger partial charge in [-0.1, -0.05) is 24.3 Å². The number of rotatable bonds is 7. The normalized spacial score (nSPS) is 10.2. The van der Waals surface area contributed by atoms with Gasteiger partial charge in [-0.2, -0.15) is 0 Å². The molecule has 6 heteroatoms. The number of nitrogens with zero attached hydrogens (tertiary/aromatic N) is 1. The summed E-state index contributed by atoms with van der Waals surface area (Å²) in [4.78, 5) is 37.1. The van der Waals surface area contributed by atoms with Crippen LogP contribution < -0.4 is 10.2 Å². The summed E-state index contributed by atoms with van der Waals surface area (Å²) in [5, 5.41) is 2.88. The highest BCUT2D eigenvalue weighted by Gasteiger charge is 2.14. The van der Waals surface area contributed by atoms with E-state index < -0.39 is 5.97 Å². The van der Waals surface area contributed by atoms with Gasteiger partial charge in [-0.15, -0.1) is 0 Å². The number of methoxy groups -OCH3 is 1. The molecule has 0 atom stereocenters. The van der Waals surface area contributed by atoms with Gasteiger partial charge in [0.15, 0.2) is 0 Å². The smallest absolute Gasteiger partial charge is 0.337 e. The number of anilines is 1. The number of esters is 1. The van der Waals surface area contributed by atoms with E-state index in [-0.39, 0.29) is 24.8 Å². The summed E-state index contributed by atoms with van der Waals surface area (Å²) >= 11 is 0. The molecule has 0 aliphatic heterocycles. The fraction of sp³-hybridized carbons (Fsp3) is 0.286. The fourth-order valence-corrected chi connectivity index (χ4v) is 2.67. The number of ether oxygens (including phenoxy) is 1. The average Bonchev–Trinajstić information content (AvgIpc) is 2.67. The second-order valence-electron chi connectivity index (χ2n) is 6.16. The summed E-state index contributed by atoms with van der Waals surface area (Å²) in [6, 6.07) is 14.4. The van der Waals surface area contributed by atoms with E-state index in [0.29, 0.717) is 17.8 Å². The van der Waals surface area contributed by atoms with Gasteiger partial charge in [-0.25, -0.2) is 4.79 Å². The minimum atomic E-state index is -0.438. The number of carbonyl (C=O) groups is 3. The number of benzene rings is 2. The van der Waals surface area contributed by atoms with E-state index in [2.05, 4.69) is 10.1 Å². The first-order chi connectivity index (χ1) is 12.9. The van der Waals surface area contributed by atoms with Gasteiger partial charge in [0.25, 0.3) is 0 Å². The highest BCUT2D eigenvalue weighted by Crippen LogP contribution is 2.17. The van der Waals surface area contributed by atoms with Crippen molar-refractivity contribution in [3.63, 3.8) is 0 Å². The van der Waals surface area contributed by atoms with E-state index in [9.17, 15) is 14.4 Å². The lowest BCUT2D eigenvalue weighted by Crippen LogP contribution is -2.33. The maximum atomic E-state index is 12.2. The van der Waals surface area contributed by atoms with Crippen molar-refractivity contribution >= 4 is 23.5 Å². The molecule has 0 fully saturated rings. The molecule has 0 radical (unpaired) electrons. The lowest BCUT2D eigenvalue weighted by molar-refractivity contribution is -0.121. The summed E-state index contributed by atoms with van der Waals surface area (Å²) in [5.41, 5.74) is 3.21. The largest absolute Gasteiger partial charge is 0.465 e. The van der Waals surface area contributed by atoms with Crippen LogP contribution in [0.3, 0.4) is 0 Å². The molecule has 1 N–H and O–H groups in total. The molecule has 27 heavy (non-hydrogen) atoms. The second-order valence-corrected chi connectivity index (χ2v) is 6.16. The first-order valence-electron chi connectivity index (χ1n) is 8.70. The van der Waals surface area contributed by atoms with Crippen LogP contribution in [0.15, 0.2) is 48.5 Å². The molecule has 0 spiro atoms. The van der Waals surface area contributed by atoms with Crippen LogP contribution in [0.5, 0.6) is 0 Å². The number of hydrogen-bond donors (Lipinski definition) is 1. The van der Waals surface area contributed by atoms with E-state index >= 15 is 0 Å². The van der Waals surface area contributed by atoms with Gasteiger partial charge >= 0.3 is 5.97 Å². The zero-order chi connectivity index (χ0) is 19.8. The van der Waals surface area contributed by atoms with Gasteiger partial charge in [0.1, 0.15) is 0 Å². The van der Waals surface area contributed by atoms with Gasteiger partial charge in [0.05, 0.1) is 12.7 Å². The predicted molar refractivity (Wildman–Crippen MR) is 103 cm³/mol. The Labute approximate surface area is 159 Å². The van der Waals surface area contributed by atoms with Crippen molar-refractivity contribution in [3.8, 4) is 0 Å². The number of nitrogens with one attached hydrogen (secondary N) is 1. The van der Waals surface area contributed by atoms with Gasteiger partial charge in [0.2, 0.25) is 11.8 Å². The minimum absolute atomic E-state index is 0.129. The third kappa shape index (κ3) is 5.67. The molecule has 0 aromatic heterocycles. The van der Waals surface area contributed by atoms with Crippen molar-refractivity contribution < 1.29 is 19.1 Å². The van der Waals surface area contributed by atoms with Crippen LogP contribution in [0.25, 0.3) is 0 Å². The summed E-state index contributed by atoms with van der Waals surface area (Å²) < 4.78 is 4.66. The van der Waals surface area contributed by atoms with Crippen LogP contribution in [-0.4, -0.2) is 31.4 Å². The Kier molecular flexibility index (Phi) is 7.11. The van der Waals surface area contributed by atoms with Crippen molar-refractivity contribution in [1.82, 2.24) is 5.32 Å². The third-order valence-electron chi connectivity index (χ3n) is 4.28. The molecule has 142 valence electrons. The lowest BCUT2D eigenvalue weighted by Gasteiger charge is -2.21. The van der Waals surface area contributed by atoms with Crippen molar-refractivity contribution in [2.45, 2.75) is 26.8 Å². The molecule has 2 aromatic rings. The maximum absolute atomic E-state index is 12.2. The van der Waals surface area contributed by atoms with Crippen molar-refractivity contribution in [3.05, 3.63) is 65.2 Å². The van der Waals surface area contributed by atoms with E-state index in [1.807, 2.05) is 31.2 Å². The van der Waals surface area contributed by atoms with Crippen LogP contribution in [0.4, 0.5) is 5.69 Å². The van der Waals surface area contributed by atoms with Gasteiger partial charge < -0.3 is 15.0 Å². The Morgan fingerprint density at radius 3 is 2.30 bits per heavy atom. The maximum Gasteiger partial charge on any atom is 0.337 e. The van der Waals surface area contributed by atoms with Crippen LogP contribution >= 0.6 is 0 Å². The SMILES string of the molecule is COC(=O)c1ccc(N(CCC(=O)NCc2ccccc2C)C(C)=O)cc1. The molecule has 0 aliphatic rings. The van der Waals surface area contributed by atoms with Crippen molar-refractivity contribution in [2.24, 2.45) is 0 Å². The number of aryl methyl sites for hydroxylation is 1. The predicted octanol–water partition coefficient (Wildman–Crippen LogP) is 2.84. The zero-order valence-corrected chi connectivity index (χ0v) is 15.8. The first kappa shape index (κ1) is 20.2. The topological polar surface area (TPSA) is 75.7 Å². The van der Waals surface area contributed by atoms with Crippen LogP contribution in [0.2, 0.25) is 0 Å². The van der Waals surface area contributed by atoms with Crippen LogP contribution in [0, 0.1) is 6.92 Å². The molecule has 6 nitrogen and oxygen atoms in total. The van der Waals surface area contributed by atoms with E-state index in [0.717, 1.165) is 11.1 Å². The van der Waals surface area contributed by atoms with E-state index in [1.54, 1.807) is 24.3 Å². The highest BCUT2D eigenvalue weighted by molar-refractivity contribution is 5.94.